The van der Waals surface area contributed by atoms with Crippen LogP contribution in [0.3, 0.4) is 0 Å². The summed E-state index contributed by atoms with van der Waals surface area (Å²) in [6, 6.07) is -0.376. The second-order valence-corrected chi connectivity index (χ2v) is 6.81. The minimum absolute atomic E-state index is 0.135. The fourth-order valence-corrected chi connectivity index (χ4v) is 4.92. The zero-order valence-corrected chi connectivity index (χ0v) is 13.2. The van der Waals surface area contributed by atoms with Crippen molar-refractivity contribution in [2.24, 2.45) is 4.99 Å². The van der Waals surface area contributed by atoms with Crippen molar-refractivity contribution < 1.29 is 14.7 Å². The Hall–Kier alpha value is -0.820. The number of hydrogen-bond acceptors (Lipinski definition) is 4. The first-order valence-electron chi connectivity index (χ1n) is 6.65. The average molecular weight is 359 g/mol. The lowest BCUT2D eigenvalue weighted by Crippen LogP contribution is -2.64. The number of fused-ring (bicyclic) bond motifs is 1. The number of β-lactam (4-membered cyclic amide) rings is 1. The van der Waals surface area contributed by atoms with E-state index >= 15 is 0 Å². The molecule has 2 aliphatic heterocycles. The molecule has 0 radical (unpaired) electrons. The first kappa shape index (κ1) is 14.1. The Kier molecular flexibility index (Phi) is 3.90. The number of hydrogen-bond donors (Lipinski definition) is 1. The second kappa shape index (κ2) is 5.52. The molecule has 0 spiro atoms. The minimum atomic E-state index is -1.02. The normalized spacial score (nSPS) is 29.4. The summed E-state index contributed by atoms with van der Waals surface area (Å²) < 4.78 is 0. The summed E-state index contributed by atoms with van der Waals surface area (Å²) in [6.07, 6.45) is 4.26. The van der Waals surface area contributed by atoms with Gasteiger partial charge in [0.15, 0.2) is 6.04 Å². The molecule has 0 bridgehead atoms. The topological polar surface area (TPSA) is 70.0 Å². The quantitative estimate of drug-likeness (QED) is 0.618. The molecule has 2 atom stereocenters. The highest BCUT2D eigenvalue weighted by Gasteiger charge is 2.53. The molecule has 3 aliphatic rings. The van der Waals surface area contributed by atoms with Crippen molar-refractivity contribution in [3.63, 3.8) is 0 Å². The van der Waals surface area contributed by atoms with E-state index in [-0.39, 0.29) is 23.0 Å². The van der Waals surface area contributed by atoms with Crippen LogP contribution < -0.4 is 0 Å². The molecule has 0 aromatic carbocycles. The van der Waals surface area contributed by atoms with Crippen LogP contribution in [0, 0.1) is 0 Å². The van der Waals surface area contributed by atoms with Crippen LogP contribution in [0.1, 0.15) is 25.7 Å². The number of rotatable bonds is 3. The van der Waals surface area contributed by atoms with Crippen molar-refractivity contribution in [1.82, 2.24) is 4.90 Å². The monoisotopic (exact) mass is 358 g/mol. The van der Waals surface area contributed by atoms with Gasteiger partial charge in [0.2, 0.25) is 0 Å². The van der Waals surface area contributed by atoms with Crippen molar-refractivity contribution in [2.75, 3.05) is 11.1 Å². The standard InChI is InChI=1S/C13H15BrN2O3S/c14-5-7-6-20-12-9(15-8-3-1-2-4-8)11(17)16(12)10(7)13(18)19/h9,12H,1-6H2,(H,18,19)/t9-,12+/m1/s1. The highest BCUT2D eigenvalue weighted by Crippen LogP contribution is 2.42. The summed E-state index contributed by atoms with van der Waals surface area (Å²) >= 11 is 4.91. The maximum Gasteiger partial charge on any atom is 0.352 e. The SMILES string of the molecule is O=C(O)C1=C(CBr)CS[C@H]2[C@H](N=C3CCCC3)C(=O)N12. The molecule has 0 unspecified atom stereocenters. The van der Waals surface area contributed by atoms with E-state index in [0.717, 1.165) is 37.0 Å². The number of carbonyl (C=O) groups is 2. The van der Waals surface area contributed by atoms with E-state index in [1.165, 1.54) is 4.90 Å². The highest BCUT2D eigenvalue weighted by molar-refractivity contribution is 9.09. The van der Waals surface area contributed by atoms with Gasteiger partial charge in [-0.25, -0.2) is 4.79 Å². The number of aliphatic imine (C=N–C) groups is 1. The molecule has 1 amide bonds. The molecule has 108 valence electrons. The molecule has 5 nitrogen and oxygen atoms in total. The third kappa shape index (κ3) is 2.20. The van der Waals surface area contributed by atoms with Crippen molar-refractivity contribution >= 4 is 45.3 Å². The number of alkyl halides is 1. The molecule has 1 N–H and O–H groups in total. The predicted octanol–water partition coefficient (Wildman–Crippen LogP) is 2.02. The lowest BCUT2D eigenvalue weighted by molar-refractivity contribution is -0.147. The lowest BCUT2D eigenvalue weighted by Gasteiger charge is -2.47. The second-order valence-electron chi connectivity index (χ2n) is 5.15. The number of carboxylic acid groups (broad SMARTS) is 1. The summed E-state index contributed by atoms with van der Waals surface area (Å²) in [7, 11) is 0. The smallest absolute Gasteiger partial charge is 0.352 e. The van der Waals surface area contributed by atoms with Crippen LogP contribution in [-0.2, 0) is 9.59 Å². The molecule has 2 heterocycles. The number of amides is 1. The molecular formula is C13H15BrN2O3S. The largest absolute Gasteiger partial charge is 0.477 e. The van der Waals surface area contributed by atoms with Gasteiger partial charge in [-0.15, -0.1) is 11.8 Å². The van der Waals surface area contributed by atoms with E-state index < -0.39 is 5.97 Å². The fraction of sp³-hybridized carbons (Fsp3) is 0.615. The zero-order valence-electron chi connectivity index (χ0n) is 10.8. The van der Waals surface area contributed by atoms with Crippen LogP contribution >= 0.6 is 27.7 Å². The molecule has 1 aliphatic carbocycles. The fourth-order valence-electron chi connectivity index (χ4n) is 2.86. The number of halogens is 1. The van der Waals surface area contributed by atoms with Gasteiger partial charge in [0.05, 0.1) is 0 Å². The Morgan fingerprint density at radius 1 is 1.45 bits per heavy atom. The molecule has 1 saturated heterocycles. The molecule has 7 heteroatoms. The van der Waals surface area contributed by atoms with Crippen molar-refractivity contribution in [3.8, 4) is 0 Å². The van der Waals surface area contributed by atoms with E-state index in [1.807, 2.05) is 0 Å². The lowest BCUT2D eigenvalue weighted by atomic mass is 10.0. The van der Waals surface area contributed by atoms with E-state index in [4.69, 9.17) is 0 Å². The number of nitrogens with zero attached hydrogens (tertiary/aromatic N) is 2. The van der Waals surface area contributed by atoms with E-state index in [1.54, 1.807) is 11.8 Å². The van der Waals surface area contributed by atoms with E-state index in [9.17, 15) is 14.7 Å². The maximum atomic E-state index is 12.3. The Morgan fingerprint density at radius 2 is 2.15 bits per heavy atom. The molecule has 0 aromatic heterocycles. The Balaban J connectivity index is 1.85. The van der Waals surface area contributed by atoms with Crippen LogP contribution in [0.15, 0.2) is 16.3 Å². The van der Waals surface area contributed by atoms with Crippen LogP contribution in [0.2, 0.25) is 0 Å². The first-order valence-corrected chi connectivity index (χ1v) is 8.82. The van der Waals surface area contributed by atoms with E-state index in [0.29, 0.717) is 11.1 Å². The van der Waals surface area contributed by atoms with Crippen molar-refractivity contribution in [1.29, 1.82) is 0 Å². The van der Waals surface area contributed by atoms with Gasteiger partial charge in [-0.1, -0.05) is 15.9 Å². The first-order chi connectivity index (χ1) is 9.63. The number of aliphatic carboxylic acids is 1. The van der Waals surface area contributed by atoms with Gasteiger partial charge in [0, 0.05) is 16.8 Å². The predicted molar refractivity (Wildman–Crippen MR) is 81.2 cm³/mol. The van der Waals surface area contributed by atoms with Gasteiger partial charge in [-0.3, -0.25) is 14.7 Å². The van der Waals surface area contributed by atoms with Crippen LogP contribution in [-0.4, -0.2) is 50.1 Å². The Labute approximate surface area is 129 Å². The summed E-state index contributed by atoms with van der Waals surface area (Å²) in [4.78, 5) is 29.6. The van der Waals surface area contributed by atoms with Crippen LogP contribution in [0.4, 0.5) is 0 Å². The number of carbonyl (C=O) groups excluding carboxylic acids is 1. The van der Waals surface area contributed by atoms with Crippen LogP contribution in [0.5, 0.6) is 0 Å². The van der Waals surface area contributed by atoms with Crippen LogP contribution in [0.25, 0.3) is 0 Å². The zero-order chi connectivity index (χ0) is 14.3. The third-order valence-corrected chi connectivity index (χ3v) is 5.89. The molecule has 3 rings (SSSR count). The third-order valence-electron chi connectivity index (χ3n) is 3.89. The summed E-state index contributed by atoms with van der Waals surface area (Å²) in [6.45, 7) is 0. The average Bonchev–Trinajstić information content (AvgIpc) is 2.95. The molecule has 0 aromatic rings. The van der Waals surface area contributed by atoms with Gasteiger partial charge < -0.3 is 5.11 Å². The Morgan fingerprint density at radius 3 is 2.75 bits per heavy atom. The molecular weight excluding hydrogens is 344 g/mol. The van der Waals surface area contributed by atoms with E-state index in [2.05, 4.69) is 20.9 Å². The van der Waals surface area contributed by atoms with Crippen molar-refractivity contribution in [3.05, 3.63) is 11.3 Å². The van der Waals surface area contributed by atoms with Gasteiger partial charge >= 0.3 is 5.97 Å². The Bertz CT molecular complexity index is 524. The van der Waals surface area contributed by atoms with Gasteiger partial charge in [-0.05, 0) is 31.3 Å². The minimum Gasteiger partial charge on any atom is -0.477 e. The number of thioether (sulfide) groups is 1. The van der Waals surface area contributed by atoms with Crippen molar-refractivity contribution in [2.45, 2.75) is 37.1 Å². The number of carboxylic acids is 1. The summed E-state index contributed by atoms with van der Waals surface area (Å²) in [5.74, 6) is -0.551. The molecule has 2 fully saturated rings. The maximum absolute atomic E-state index is 12.3. The molecule has 1 saturated carbocycles. The van der Waals surface area contributed by atoms with Gasteiger partial charge in [0.1, 0.15) is 11.1 Å². The summed E-state index contributed by atoms with van der Waals surface area (Å²) in [5.41, 5.74) is 2.04. The van der Waals surface area contributed by atoms with Gasteiger partial charge in [0.25, 0.3) is 5.91 Å². The molecule has 20 heavy (non-hydrogen) atoms. The summed E-state index contributed by atoms with van der Waals surface area (Å²) in [5, 5.41) is 9.68. The highest BCUT2D eigenvalue weighted by atomic mass is 79.9. The van der Waals surface area contributed by atoms with Gasteiger partial charge in [-0.2, -0.15) is 0 Å².